The molecule has 1 aromatic heterocycles. The number of halogens is 4. The summed E-state index contributed by atoms with van der Waals surface area (Å²) in [6.45, 7) is 2.09. The summed E-state index contributed by atoms with van der Waals surface area (Å²) >= 11 is 0. The number of quaternary nitrogens is 1. The number of H-pyrrole nitrogens is 1. The Morgan fingerprint density at radius 1 is 0.947 bits per heavy atom. The Morgan fingerprint density at radius 2 is 1.58 bits per heavy atom. The molecule has 2 N–H and O–H groups in total. The van der Waals surface area contributed by atoms with Crippen LogP contribution in [0.25, 0.3) is 10.9 Å². The van der Waals surface area contributed by atoms with Crippen molar-refractivity contribution < 1.29 is 27.2 Å². The number of fused-ring (bicyclic) bond motifs is 1. The summed E-state index contributed by atoms with van der Waals surface area (Å²) in [6, 6.07) is 0. The average molecular weight is 275 g/mol. The van der Waals surface area contributed by atoms with Crippen molar-refractivity contribution in [3.63, 3.8) is 0 Å². The van der Waals surface area contributed by atoms with Crippen LogP contribution in [0.5, 0.6) is 0 Å². The maximum absolute atomic E-state index is 13.8. The molecule has 0 amide bonds. The molecule has 1 saturated heterocycles. The predicted octanol–water partition coefficient (Wildman–Crippen LogP) is 1.27. The van der Waals surface area contributed by atoms with Crippen LogP contribution in [0.1, 0.15) is 0 Å². The zero-order valence-electron chi connectivity index (χ0n) is 9.83. The van der Waals surface area contributed by atoms with E-state index >= 15 is 0 Å². The smallest absolute Gasteiger partial charge is 0.199 e. The molecule has 1 aliphatic heterocycles. The Hall–Kier alpha value is -1.60. The molecule has 1 fully saturated rings. The molecule has 2 aromatic rings. The van der Waals surface area contributed by atoms with Gasteiger partial charge in [-0.05, 0) is 0 Å². The van der Waals surface area contributed by atoms with Gasteiger partial charge in [-0.2, -0.15) is 0 Å². The minimum atomic E-state index is -1.80. The SMILES string of the molecule is Fc1c(F)c(F)c2c([NH+]3CCOCC3)c[nH]c2c1F. The van der Waals surface area contributed by atoms with Gasteiger partial charge in [0.15, 0.2) is 29.0 Å². The van der Waals surface area contributed by atoms with Crippen LogP contribution in [0.3, 0.4) is 0 Å². The standard InChI is InChI=1S/C12H10F4N2O/c13-8-7-6(18-1-3-19-4-2-18)5-17-12(7)11(16)10(15)9(8)14/h5,17H,1-4H2/p+1. The first-order chi connectivity index (χ1) is 9.11. The van der Waals surface area contributed by atoms with E-state index in [-0.39, 0.29) is 10.9 Å². The van der Waals surface area contributed by atoms with Crippen LogP contribution < -0.4 is 4.90 Å². The highest BCUT2D eigenvalue weighted by atomic mass is 19.2. The molecule has 2 heterocycles. The van der Waals surface area contributed by atoms with Crippen LogP contribution in [0, 0.1) is 23.3 Å². The molecule has 3 rings (SSSR count). The second-order valence-electron chi connectivity index (χ2n) is 4.42. The second kappa shape index (κ2) is 4.50. The molecular formula is C12H11F4N2O+. The Labute approximate surface area is 105 Å². The van der Waals surface area contributed by atoms with Crippen molar-refractivity contribution in [2.24, 2.45) is 0 Å². The number of hydrogen-bond acceptors (Lipinski definition) is 1. The van der Waals surface area contributed by atoms with Gasteiger partial charge in [0, 0.05) is 0 Å². The fourth-order valence-corrected chi connectivity index (χ4v) is 2.40. The molecule has 0 radical (unpaired) electrons. The van der Waals surface area contributed by atoms with Gasteiger partial charge in [-0.1, -0.05) is 0 Å². The lowest BCUT2D eigenvalue weighted by molar-refractivity contribution is -0.841. The molecule has 0 unspecified atom stereocenters. The lowest BCUT2D eigenvalue weighted by Crippen LogP contribution is -3.09. The van der Waals surface area contributed by atoms with Gasteiger partial charge in [-0.3, -0.25) is 4.90 Å². The number of ether oxygens (including phenoxy) is 1. The normalized spacial score (nSPS) is 17.3. The summed E-state index contributed by atoms with van der Waals surface area (Å²) in [5.74, 6) is -6.33. The van der Waals surface area contributed by atoms with Crippen LogP contribution >= 0.6 is 0 Å². The monoisotopic (exact) mass is 275 g/mol. The Morgan fingerprint density at radius 3 is 2.26 bits per heavy atom. The first-order valence-electron chi connectivity index (χ1n) is 5.87. The lowest BCUT2D eigenvalue weighted by atomic mass is 10.2. The van der Waals surface area contributed by atoms with Crippen molar-refractivity contribution in [3.8, 4) is 0 Å². The lowest BCUT2D eigenvalue weighted by Gasteiger charge is -2.22. The van der Waals surface area contributed by atoms with E-state index in [0.717, 1.165) is 4.90 Å². The highest BCUT2D eigenvalue weighted by Gasteiger charge is 2.28. The number of rotatable bonds is 1. The third-order valence-corrected chi connectivity index (χ3v) is 3.37. The summed E-state index contributed by atoms with van der Waals surface area (Å²) in [5.41, 5.74) is 0.0546. The molecule has 0 spiro atoms. The molecule has 1 aliphatic rings. The van der Waals surface area contributed by atoms with E-state index in [4.69, 9.17) is 4.74 Å². The number of morpholine rings is 1. The van der Waals surface area contributed by atoms with Crippen LogP contribution in [0.15, 0.2) is 6.20 Å². The van der Waals surface area contributed by atoms with E-state index in [1.165, 1.54) is 6.20 Å². The molecule has 102 valence electrons. The summed E-state index contributed by atoms with van der Waals surface area (Å²) in [7, 11) is 0. The number of benzene rings is 1. The summed E-state index contributed by atoms with van der Waals surface area (Å²) < 4.78 is 59.0. The van der Waals surface area contributed by atoms with Crippen LogP contribution in [0.4, 0.5) is 23.2 Å². The van der Waals surface area contributed by atoms with Gasteiger partial charge in [0.25, 0.3) is 0 Å². The minimum Gasteiger partial charge on any atom is -0.370 e. The first-order valence-corrected chi connectivity index (χ1v) is 5.87. The zero-order chi connectivity index (χ0) is 13.6. The molecule has 0 bridgehead atoms. The van der Waals surface area contributed by atoms with Crippen LogP contribution in [-0.4, -0.2) is 31.3 Å². The maximum Gasteiger partial charge on any atom is 0.199 e. The zero-order valence-corrected chi connectivity index (χ0v) is 9.83. The van der Waals surface area contributed by atoms with Crippen molar-refractivity contribution in [2.75, 3.05) is 26.3 Å². The van der Waals surface area contributed by atoms with E-state index in [9.17, 15) is 17.6 Å². The van der Waals surface area contributed by atoms with E-state index in [1.54, 1.807) is 0 Å². The van der Waals surface area contributed by atoms with Crippen molar-refractivity contribution >= 4 is 16.6 Å². The van der Waals surface area contributed by atoms with Crippen molar-refractivity contribution in [1.29, 1.82) is 0 Å². The summed E-state index contributed by atoms with van der Waals surface area (Å²) in [6.07, 6.45) is 1.39. The Kier molecular flexibility index (Phi) is 2.94. The first kappa shape index (κ1) is 12.4. The topological polar surface area (TPSA) is 29.5 Å². The van der Waals surface area contributed by atoms with Crippen molar-refractivity contribution in [2.45, 2.75) is 0 Å². The molecule has 0 aliphatic carbocycles. The van der Waals surface area contributed by atoms with Crippen molar-refractivity contribution in [3.05, 3.63) is 29.5 Å². The average Bonchev–Trinajstić information content (AvgIpc) is 2.88. The molecule has 0 atom stereocenters. The molecule has 0 saturated carbocycles. The third kappa shape index (κ3) is 1.81. The van der Waals surface area contributed by atoms with Gasteiger partial charge in [0.05, 0.1) is 24.9 Å². The van der Waals surface area contributed by atoms with E-state index in [2.05, 4.69) is 4.98 Å². The van der Waals surface area contributed by atoms with Crippen molar-refractivity contribution in [1.82, 2.24) is 4.98 Å². The Bertz CT molecular complexity index is 634. The van der Waals surface area contributed by atoms with Gasteiger partial charge in [0.2, 0.25) is 0 Å². The number of hydrogen-bond donors (Lipinski definition) is 2. The highest BCUT2D eigenvalue weighted by Crippen LogP contribution is 2.30. The van der Waals surface area contributed by atoms with E-state index in [1.807, 2.05) is 0 Å². The predicted molar refractivity (Wildman–Crippen MR) is 59.3 cm³/mol. The molecule has 3 nitrogen and oxygen atoms in total. The van der Waals surface area contributed by atoms with E-state index in [0.29, 0.717) is 32.0 Å². The van der Waals surface area contributed by atoms with Gasteiger partial charge in [-0.15, -0.1) is 0 Å². The van der Waals surface area contributed by atoms with Gasteiger partial charge in [-0.25, -0.2) is 17.6 Å². The highest BCUT2D eigenvalue weighted by molar-refractivity contribution is 5.90. The van der Waals surface area contributed by atoms with Crippen LogP contribution in [-0.2, 0) is 4.74 Å². The molecule has 19 heavy (non-hydrogen) atoms. The molecular weight excluding hydrogens is 264 g/mol. The van der Waals surface area contributed by atoms with Gasteiger partial charge >= 0.3 is 0 Å². The fraction of sp³-hybridized carbons (Fsp3) is 0.333. The number of aromatic amines is 1. The Balaban J connectivity index is 2.22. The summed E-state index contributed by atoms with van der Waals surface area (Å²) in [5, 5.41) is -0.228. The maximum atomic E-state index is 13.8. The summed E-state index contributed by atoms with van der Waals surface area (Å²) in [4.78, 5) is 3.33. The quantitative estimate of drug-likeness (QED) is 0.458. The van der Waals surface area contributed by atoms with Gasteiger partial charge in [0.1, 0.15) is 18.5 Å². The number of aromatic nitrogens is 1. The van der Waals surface area contributed by atoms with Crippen LogP contribution in [0.2, 0.25) is 0 Å². The second-order valence-corrected chi connectivity index (χ2v) is 4.42. The molecule has 1 aromatic carbocycles. The van der Waals surface area contributed by atoms with E-state index < -0.39 is 23.3 Å². The third-order valence-electron chi connectivity index (χ3n) is 3.37. The van der Waals surface area contributed by atoms with Gasteiger partial charge < -0.3 is 9.72 Å². The minimum absolute atomic E-state index is 0.228. The number of nitrogens with one attached hydrogen (secondary N) is 2. The largest absolute Gasteiger partial charge is 0.370 e. The fourth-order valence-electron chi connectivity index (χ4n) is 2.40. The molecule has 7 heteroatoms.